The number of fused-ring (bicyclic) bond motifs is 1. The molecule has 5 nitrogen and oxygen atoms in total. The van der Waals surface area contributed by atoms with Crippen molar-refractivity contribution in [3.8, 4) is 0 Å². The molecule has 0 radical (unpaired) electrons. The fraction of sp³-hybridized carbons (Fsp3) is 0.471. The molecule has 0 bridgehead atoms. The minimum atomic E-state index is -0.107. The quantitative estimate of drug-likeness (QED) is 0.693. The van der Waals surface area contributed by atoms with Crippen LogP contribution >= 0.6 is 0 Å². The lowest BCUT2D eigenvalue weighted by atomic mass is 9.98. The maximum atomic E-state index is 12.3. The van der Waals surface area contributed by atoms with Gasteiger partial charge in [-0.1, -0.05) is 31.2 Å². The zero-order valence-electron chi connectivity index (χ0n) is 13.5. The molecule has 1 heterocycles. The highest BCUT2D eigenvalue weighted by Gasteiger charge is 2.25. The second-order valence-electron chi connectivity index (χ2n) is 5.46. The van der Waals surface area contributed by atoms with Crippen LogP contribution in [0.25, 0.3) is 0 Å². The Labute approximate surface area is 132 Å². The Bertz CT molecular complexity index is 532. The lowest BCUT2D eigenvalue weighted by Gasteiger charge is -2.27. The van der Waals surface area contributed by atoms with Gasteiger partial charge in [0.05, 0.1) is 13.2 Å². The van der Waals surface area contributed by atoms with E-state index >= 15 is 0 Å². The standard InChI is InChI=1S/C17H25N3O2/c1-4-18-12(2)11-19-17(21)15-10-16(22-3)13-8-6-5-7-9-14(13)20-15/h5-7,9-10,12,14,18,20H,4,8,11H2,1-3H3,(H,19,21). The first-order valence-electron chi connectivity index (χ1n) is 7.75. The van der Waals surface area contributed by atoms with E-state index in [1.54, 1.807) is 13.2 Å². The first-order valence-corrected chi connectivity index (χ1v) is 7.75. The molecule has 1 amide bonds. The van der Waals surface area contributed by atoms with Gasteiger partial charge in [-0.25, -0.2) is 0 Å². The van der Waals surface area contributed by atoms with Crippen molar-refractivity contribution in [2.24, 2.45) is 0 Å². The molecule has 0 saturated heterocycles. The molecule has 3 N–H and O–H groups in total. The Morgan fingerprint density at radius 1 is 1.50 bits per heavy atom. The Morgan fingerprint density at radius 3 is 3.05 bits per heavy atom. The van der Waals surface area contributed by atoms with Crippen molar-refractivity contribution in [1.82, 2.24) is 16.0 Å². The zero-order chi connectivity index (χ0) is 15.9. The number of likely N-dealkylation sites (N-methyl/N-ethyl adjacent to an activating group) is 1. The van der Waals surface area contributed by atoms with E-state index in [0.717, 1.165) is 24.3 Å². The number of dihydropyridines is 1. The Hall–Kier alpha value is -2.01. The molecule has 0 fully saturated rings. The molecule has 22 heavy (non-hydrogen) atoms. The summed E-state index contributed by atoms with van der Waals surface area (Å²) in [4.78, 5) is 12.3. The summed E-state index contributed by atoms with van der Waals surface area (Å²) in [6.45, 7) is 5.57. The number of carbonyl (C=O) groups is 1. The van der Waals surface area contributed by atoms with Gasteiger partial charge in [-0.3, -0.25) is 4.79 Å². The molecule has 0 aromatic heterocycles. The van der Waals surface area contributed by atoms with Crippen LogP contribution in [0.15, 0.2) is 47.4 Å². The minimum absolute atomic E-state index is 0.00175. The van der Waals surface area contributed by atoms with E-state index in [-0.39, 0.29) is 18.0 Å². The molecule has 2 atom stereocenters. The maximum absolute atomic E-state index is 12.3. The average Bonchev–Trinajstić information content (AvgIpc) is 2.77. The molecular formula is C17H25N3O2. The van der Waals surface area contributed by atoms with Gasteiger partial charge < -0.3 is 20.7 Å². The zero-order valence-corrected chi connectivity index (χ0v) is 13.5. The van der Waals surface area contributed by atoms with E-state index < -0.39 is 0 Å². The van der Waals surface area contributed by atoms with Crippen LogP contribution in [0.2, 0.25) is 0 Å². The van der Waals surface area contributed by atoms with Gasteiger partial charge in [0.25, 0.3) is 5.91 Å². The molecule has 0 spiro atoms. The third kappa shape index (κ3) is 4.01. The molecule has 1 aliphatic carbocycles. The predicted molar refractivity (Wildman–Crippen MR) is 88.1 cm³/mol. The molecule has 2 rings (SSSR count). The topological polar surface area (TPSA) is 62.4 Å². The first kappa shape index (κ1) is 16.4. The number of hydrogen-bond acceptors (Lipinski definition) is 4. The highest BCUT2D eigenvalue weighted by molar-refractivity contribution is 5.93. The second kappa shape index (κ2) is 7.84. The fourth-order valence-corrected chi connectivity index (χ4v) is 2.60. The number of allylic oxidation sites excluding steroid dienone is 4. The molecule has 0 aromatic carbocycles. The van der Waals surface area contributed by atoms with Gasteiger partial charge in [0.1, 0.15) is 11.5 Å². The summed E-state index contributed by atoms with van der Waals surface area (Å²) >= 11 is 0. The van der Waals surface area contributed by atoms with Gasteiger partial charge >= 0.3 is 0 Å². The Morgan fingerprint density at radius 2 is 2.32 bits per heavy atom. The molecule has 5 heteroatoms. The van der Waals surface area contributed by atoms with Gasteiger partial charge in [0.15, 0.2) is 0 Å². The van der Waals surface area contributed by atoms with Crippen LogP contribution in [0.1, 0.15) is 20.3 Å². The number of methoxy groups -OCH3 is 1. The van der Waals surface area contributed by atoms with E-state index in [1.807, 2.05) is 32.1 Å². The lowest BCUT2D eigenvalue weighted by Crippen LogP contribution is -2.44. The first-order chi connectivity index (χ1) is 10.7. The summed E-state index contributed by atoms with van der Waals surface area (Å²) in [5.74, 6) is 0.661. The third-order valence-electron chi connectivity index (χ3n) is 3.75. The van der Waals surface area contributed by atoms with E-state index in [4.69, 9.17) is 4.74 Å². The van der Waals surface area contributed by atoms with Crippen LogP contribution in [-0.2, 0) is 9.53 Å². The maximum Gasteiger partial charge on any atom is 0.267 e. The SMILES string of the molecule is CCNC(C)CNC(=O)C1=CC(OC)=C2CC=CC=CC2N1. The monoisotopic (exact) mass is 303 g/mol. The molecular weight excluding hydrogens is 278 g/mol. The largest absolute Gasteiger partial charge is 0.497 e. The summed E-state index contributed by atoms with van der Waals surface area (Å²) < 4.78 is 5.46. The van der Waals surface area contributed by atoms with Crippen LogP contribution in [0, 0.1) is 0 Å². The highest BCUT2D eigenvalue weighted by Crippen LogP contribution is 2.25. The lowest BCUT2D eigenvalue weighted by molar-refractivity contribution is -0.118. The van der Waals surface area contributed by atoms with Crippen LogP contribution in [0.3, 0.4) is 0 Å². The van der Waals surface area contributed by atoms with E-state index in [2.05, 4.69) is 22.0 Å². The van der Waals surface area contributed by atoms with Gasteiger partial charge in [-0.2, -0.15) is 0 Å². The van der Waals surface area contributed by atoms with E-state index in [1.165, 1.54) is 0 Å². The van der Waals surface area contributed by atoms with E-state index in [9.17, 15) is 4.79 Å². The van der Waals surface area contributed by atoms with Gasteiger partial charge in [0, 0.05) is 24.2 Å². The predicted octanol–water partition coefficient (Wildman–Crippen LogP) is 1.37. The van der Waals surface area contributed by atoms with Gasteiger partial charge in [-0.05, 0) is 19.9 Å². The van der Waals surface area contributed by atoms with Gasteiger partial charge in [-0.15, -0.1) is 0 Å². The van der Waals surface area contributed by atoms with Gasteiger partial charge in [0.2, 0.25) is 0 Å². The number of rotatable bonds is 6. The molecule has 0 aromatic rings. The number of nitrogens with one attached hydrogen (secondary N) is 3. The van der Waals surface area contributed by atoms with Crippen LogP contribution < -0.4 is 16.0 Å². The molecule has 2 aliphatic rings. The normalized spacial score (nSPS) is 21.4. The van der Waals surface area contributed by atoms with Crippen LogP contribution in [0.5, 0.6) is 0 Å². The molecule has 120 valence electrons. The van der Waals surface area contributed by atoms with Crippen LogP contribution in [-0.4, -0.2) is 38.2 Å². The summed E-state index contributed by atoms with van der Waals surface area (Å²) in [7, 11) is 1.64. The number of amides is 1. The average molecular weight is 303 g/mol. The van der Waals surface area contributed by atoms with Crippen molar-refractivity contribution < 1.29 is 9.53 Å². The number of hydrogen-bond donors (Lipinski definition) is 3. The summed E-state index contributed by atoms with van der Waals surface area (Å²) in [5, 5.41) is 9.49. The van der Waals surface area contributed by atoms with Crippen molar-refractivity contribution in [2.45, 2.75) is 32.4 Å². The van der Waals surface area contributed by atoms with Crippen LogP contribution in [0.4, 0.5) is 0 Å². The van der Waals surface area contributed by atoms with Crippen molar-refractivity contribution in [3.63, 3.8) is 0 Å². The fourth-order valence-electron chi connectivity index (χ4n) is 2.60. The van der Waals surface area contributed by atoms with Crippen molar-refractivity contribution >= 4 is 5.91 Å². The highest BCUT2D eigenvalue weighted by atomic mass is 16.5. The second-order valence-corrected chi connectivity index (χ2v) is 5.46. The van der Waals surface area contributed by atoms with Crippen molar-refractivity contribution in [1.29, 1.82) is 0 Å². The van der Waals surface area contributed by atoms with Crippen molar-refractivity contribution in [2.75, 3.05) is 20.2 Å². The summed E-state index contributed by atoms with van der Waals surface area (Å²) in [6, 6.07) is 0.245. The van der Waals surface area contributed by atoms with Crippen molar-refractivity contribution in [3.05, 3.63) is 47.4 Å². The number of ether oxygens (including phenoxy) is 1. The molecule has 1 aliphatic heterocycles. The number of carbonyl (C=O) groups excluding carboxylic acids is 1. The smallest absolute Gasteiger partial charge is 0.267 e. The Kier molecular flexibility index (Phi) is 5.83. The van der Waals surface area contributed by atoms with E-state index in [0.29, 0.717) is 12.2 Å². The minimum Gasteiger partial charge on any atom is -0.497 e. The summed E-state index contributed by atoms with van der Waals surface area (Å²) in [5.41, 5.74) is 1.69. The summed E-state index contributed by atoms with van der Waals surface area (Å²) in [6.07, 6.45) is 10.7. The molecule has 2 unspecified atom stereocenters. The third-order valence-corrected chi connectivity index (χ3v) is 3.75. The Balaban J connectivity index is 2.07. The molecule has 0 saturated carbocycles.